The minimum Gasteiger partial charge on any atom is -0.369 e. The summed E-state index contributed by atoms with van der Waals surface area (Å²) in [5.74, 6) is 0.541. The van der Waals surface area contributed by atoms with E-state index in [9.17, 15) is 4.39 Å². The average Bonchev–Trinajstić information content (AvgIpc) is 2.76. The number of nitrogens with zero attached hydrogens (tertiary/aromatic N) is 2. The molecule has 2 heterocycles. The summed E-state index contributed by atoms with van der Waals surface area (Å²) < 4.78 is 20.6. The fourth-order valence-electron chi connectivity index (χ4n) is 4.79. The smallest absolute Gasteiger partial charge is 0.146 e. The maximum absolute atomic E-state index is 14.1. The van der Waals surface area contributed by atoms with Crippen LogP contribution >= 0.6 is 0 Å². The molecular weight excluding hydrogens is 363 g/mol. The molecule has 0 amide bonds. The van der Waals surface area contributed by atoms with Crippen molar-refractivity contribution < 1.29 is 9.13 Å². The van der Waals surface area contributed by atoms with Gasteiger partial charge in [0.25, 0.3) is 0 Å². The van der Waals surface area contributed by atoms with E-state index in [0.717, 1.165) is 51.1 Å². The number of hydrogen-bond acceptors (Lipinski definition) is 3. The van der Waals surface area contributed by atoms with Gasteiger partial charge in [-0.05, 0) is 62.6 Å². The van der Waals surface area contributed by atoms with Crippen molar-refractivity contribution in [2.75, 3.05) is 31.1 Å². The molecule has 2 aromatic carbocycles. The number of rotatable bonds is 6. The van der Waals surface area contributed by atoms with E-state index in [1.54, 1.807) is 12.1 Å². The largest absolute Gasteiger partial charge is 0.369 e. The number of anilines is 1. The highest BCUT2D eigenvalue weighted by atomic mass is 19.1. The number of likely N-dealkylation sites (tertiary alicyclic amines) is 1. The normalized spacial score (nSPS) is 24.0. The monoisotopic (exact) mass is 396 g/mol. The Kier molecular flexibility index (Phi) is 6.51. The number of hydrogen-bond donors (Lipinski definition) is 0. The van der Waals surface area contributed by atoms with Crippen LogP contribution in [-0.2, 0) is 11.3 Å². The maximum atomic E-state index is 14.1. The topological polar surface area (TPSA) is 15.7 Å². The second-order valence-electron chi connectivity index (χ2n) is 8.73. The van der Waals surface area contributed by atoms with E-state index in [1.165, 1.54) is 18.4 Å². The molecule has 2 aliphatic rings. The molecular formula is C25H33FN2O. The molecule has 1 unspecified atom stereocenters. The van der Waals surface area contributed by atoms with Crippen molar-refractivity contribution in [3.8, 4) is 0 Å². The van der Waals surface area contributed by atoms with Crippen LogP contribution in [0.1, 0.15) is 44.6 Å². The van der Waals surface area contributed by atoms with Crippen LogP contribution in [0.2, 0.25) is 0 Å². The van der Waals surface area contributed by atoms with Crippen LogP contribution in [-0.4, -0.2) is 36.8 Å². The van der Waals surface area contributed by atoms with Gasteiger partial charge in [-0.15, -0.1) is 0 Å². The molecule has 4 heteroatoms. The van der Waals surface area contributed by atoms with Crippen LogP contribution in [0.3, 0.4) is 0 Å². The summed E-state index contributed by atoms with van der Waals surface area (Å²) >= 11 is 0. The van der Waals surface area contributed by atoms with Crippen LogP contribution in [0.15, 0.2) is 54.6 Å². The van der Waals surface area contributed by atoms with Gasteiger partial charge < -0.3 is 9.64 Å². The Morgan fingerprint density at radius 3 is 2.45 bits per heavy atom. The summed E-state index contributed by atoms with van der Waals surface area (Å²) in [4.78, 5) is 4.77. The quantitative estimate of drug-likeness (QED) is 0.645. The summed E-state index contributed by atoms with van der Waals surface area (Å²) in [7, 11) is 0. The molecule has 156 valence electrons. The molecule has 29 heavy (non-hydrogen) atoms. The fraction of sp³-hybridized carbons (Fsp3) is 0.520. The van der Waals surface area contributed by atoms with E-state index in [1.807, 2.05) is 18.2 Å². The summed E-state index contributed by atoms with van der Waals surface area (Å²) in [6.07, 6.45) is 5.79. The lowest BCUT2D eigenvalue weighted by molar-refractivity contribution is -0.175. The van der Waals surface area contributed by atoms with Gasteiger partial charge in [0.1, 0.15) is 11.5 Å². The first kappa shape index (κ1) is 20.4. The first-order valence-electron chi connectivity index (χ1n) is 11.1. The summed E-state index contributed by atoms with van der Waals surface area (Å²) in [6.45, 7) is 6.99. The minimum absolute atomic E-state index is 0.108. The zero-order chi connectivity index (χ0) is 20.1. The Morgan fingerprint density at radius 1 is 0.966 bits per heavy atom. The molecule has 2 aliphatic heterocycles. The molecule has 2 saturated heterocycles. The van der Waals surface area contributed by atoms with E-state index in [4.69, 9.17) is 4.74 Å². The molecule has 0 saturated carbocycles. The van der Waals surface area contributed by atoms with Crippen molar-refractivity contribution in [2.45, 2.75) is 51.4 Å². The molecule has 1 atom stereocenters. The number of ether oxygens (including phenoxy) is 1. The van der Waals surface area contributed by atoms with Crippen molar-refractivity contribution in [1.29, 1.82) is 0 Å². The molecule has 0 spiro atoms. The van der Waals surface area contributed by atoms with Gasteiger partial charge in [-0.25, -0.2) is 4.39 Å². The second kappa shape index (κ2) is 9.27. The highest BCUT2D eigenvalue weighted by molar-refractivity contribution is 5.47. The van der Waals surface area contributed by atoms with Gasteiger partial charge in [0.15, 0.2) is 0 Å². The SMILES string of the molecule is CC1(OCc2ccccc2)CCCCN1CC1CCN(c2ccccc2F)CC1. The Balaban J connectivity index is 1.33. The van der Waals surface area contributed by atoms with Crippen LogP contribution in [0.25, 0.3) is 0 Å². The van der Waals surface area contributed by atoms with E-state index in [0.29, 0.717) is 12.5 Å². The standard InChI is InChI=1S/C25H33FN2O/c1-25(29-20-22-9-3-2-4-10-22)15-7-8-16-28(25)19-21-13-17-27(18-14-21)24-12-6-5-11-23(24)26/h2-6,9-12,21H,7-8,13-20H2,1H3. The van der Waals surface area contributed by atoms with Gasteiger partial charge in [-0.3, -0.25) is 4.90 Å². The summed E-state index contributed by atoms with van der Waals surface area (Å²) in [5.41, 5.74) is 1.80. The number of benzene rings is 2. The molecule has 0 radical (unpaired) electrons. The van der Waals surface area contributed by atoms with E-state index in [2.05, 4.69) is 41.0 Å². The maximum Gasteiger partial charge on any atom is 0.146 e. The third-order valence-corrected chi connectivity index (χ3v) is 6.67. The Hall–Kier alpha value is -1.91. The highest BCUT2D eigenvalue weighted by Gasteiger charge is 2.37. The van der Waals surface area contributed by atoms with E-state index < -0.39 is 0 Å². The second-order valence-corrected chi connectivity index (χ2v) is 8.73. The average molecular weight is 397 g/mol. The molecule has 3 nitrogen and oxygen atoms in total. The summed E-state index contributed by atoms with van der Waals surface area (Å²) in [5, 5.41) is 0. The van der Waals surface area contributed by atoms with Gasteiger partial charge in [0.05, 0.1) is 12.3 Å². The van der Waals surface area contributed by atoms with Gasteiger partial charge in [-0.2, -0.15) is 0 Å². The Labute approximate surface area is 174 Å². The minimum atomic E-state index is -0.184. The molecule has 2 aromatic rings. The lowest BCUT2D eigenvalue weighted by Crippen LogP contribution is -2.53. The molecule has 0 bridgehead atoms. The number of piperidine rings is 2. The van der Waals surface area contributed by atoms with Crippen molar-refractivity contribution in [2.24, 2.45) is 5.92 Å². The lowest BCUT2D eigenvalue weighted by atomic mass is 9.92. The molecule has 4 rings (SSSR count). The third kappa shape index (κ3) is 4.99. The van der Waals surface area contributed by atoms with Crippen LogP contribution in [0.5, 0.6) is 0 Å². The van der Waals surface area contributed by atoms with Crippen molar-refractivity contribution in [1.82, 2.24) is 4.90 Å². The Morgan fingerprint density at radius 2 is 1.69 bits per heavy atom. The number of para-hydroxylation sites is 1. The van der Waals surface area contributed by atoms with Crippen molar-refractivity contribution >= 4 is 5.69 Å². The first-order chi connectivity index (χ1) is 14.1. The van der Waals surface area contributed by atoms with Crippen LogP contribution in [0, 0.1) is 11.7 Å². The molecule has 0 aromatic heterocycles. The van der Waals surface area contributed by atoms with Crippen LogP contribution < -0.4 is 4.90 Å². The van der Waals surface area contributed by atoms with E-state index >= 15 is 0 Å². The fourth-order valence-corrected chi connectivity index (χ4v) is 4.79. The van der Waals surface area contributed by atoms with Gasteiger partial charge >= 0.3 is 0 Å². The predicted molar refractivity (Wildman–Crippen MR) is 116 cm³/mol. The predicted octanol–water partition coefficient (Wildman–Crippen LogP) is 5.46. The third-order valence-electron chi connectivity index (χ3n) is 6.67. The van der Waals surface area contributed by atoms with Gasteiger partial charge in [-0.1, -0.05) is 42.5 Å². The zero-order valence-electron chi connectivity index (χ0n) is 17.5. The van der Waals surface area contributed by atoms with Crippen LogP contribution in [0.4, 0.5) is 10.1 Å². The van der Waals surface area contributed by atoms with Gasteiger partial charge in [0.2, 0.25) is 0 Å². The zero-order valence-corrected chi connectivity index (χ0v) is 17.5. The van der Waals surface area contributed by atoms with Crippen molar-refractivity contribution in [3.05, 3.63) is 66.0 Å². The van der Waals surface area contributed by atoms with Gasteiger partial charge in [0, 0.05) is 26.2 Å². The lowest BCUT2D eigenvalue weighted by Gasteiger charge is -2.47. The molecule has 2 fully saturated rings. The number of halogens is 1. The molecule has 0 N–H and O–H groups in total. The van der Waals surface area contributed by atoms with Crippen molar-refractivity contribution in [3.63, 3.8) is 0 Å². The summed E-state index contributed by atoms with van der Waals surface area (Å²) in [6, 6.07) is 17.6. The van der Waals surface area contributed by atoms with E-state index in [-0.39, 0.29) is 11.5 Å². The molecule has 0 aliphatic carbocycles. The first-order valence-corrected chi connectivity index (χ1v) is 11.1. The Bertz CT molecular complexity index is 775. The highest BCUT2D eigenvalue weighted by Crippen LogP contribution is 2.33.